The van der Waals surface area contributed by atoms with Gasteiger partial charge in [0, 0.05) is 27.3 Å². The first-order valence-corrected chi connectivity index (χ1v) is 15.4. The van der Waals surface area contributed by atoms with Gasteiger partial charge in [0.05, 0.1) is 11.0 Å². The molecule has 1 heterocycles. The number of hydrogen-bond donors (Lipinski definition) is 0. The SMILES string of the molecule is CC1(C)c2ccccc2-c2ccc(-c3cccc(-n4c5ccccc5c5c6c(ccc54)-c4ccccc4C6(C)C)c3)cc21. The van der Waals surface area contributed by atoms with E-state index in [0.717, 1.165) is 0 Å². The second kappa shape index (κ2) is 8.36. The van der Waals surface area contributed by atoms with Crippen LogP contribution in [0.5, 0.6) is 0 Å². The number of benzene rings is 6. The van der Waals surface area contributed by atoms with Crippen molar-refractivity contribution in [2.24, 2.45) is 0 Å². The van der Waals surface area contributed by atoms with Crippen LogP contribution in [0.1, 0.15) is 49.9 Å². The molecule has 0 saturated heterocycles. The molecule has 0 spiro atoms. The zero-order valence-electron chi connectivity index (χ0n) is 25.1. The summed E-state index contributed by atoms with van der Waals surface area (Å²) in [5.74, 6) is 0. The smallest absolute Gasteiger partial charge is 0.0544 e. The average molecular weight is 552 g/mol. The largest absolute Gasteiger partial charge is 0.309 e. The maximum atomic E-state index is 2.47. The molecule has 206 valence electrons. The maximum absolute atomic E-state index is 2.47. The first kappa shape index (κ1) is 24.7. The van der Waals surface area contributed by atoms with Crippen molar-refractivity contribution in [3.05, 3.63) is 150 Å². The minimum absolute atomic E-state index is 0.0167. The van der Waals surface area contributed by atoms with Crippen molar-refractivity contribution < 1.29 is 0 Å². The fraction of sp³-hybridized carbons (Fsp3) is 0.143. The third-order valence-electron chi connectivity index (χ3n) is 10.4. The topological polar surface area (TPSA) is 4.93 Å². The zero-order chi connectivity index (χ0) is 29.1. The third-order valence-corrected chi connectivity index (χ3v) is 10.4. The molecule has 1 nitrogen and oxygen atoms in total. The number of rotatable bonds is 2. The molecule has 0 saturated carbocycles. The normalized spacial score (nSPS) is 15.3. The molecule has 0 aliphatic heterocycles. The molecule has 2 aliphatic carbocycles. The summed E-state index contributed by atoms with van der Waals surface area (Å²) in [6.07, 6.45) is 0. The van der Waals surface area contributed by atoms with Crippen LogP contribution in [0.2, 0.25) is 0 Å². The van der Waals surface area contributed by atoms with Crippen LogP contribution in [-0.4, -0.2) is 4.57 Å². The van der Waals surface area contributed by atoms with Crippen molar-refractivity contribution in [2.75, 3.05) is 0 Å². The van der Waals surface area contributed by atoms with Gasteiger partial charge in [-0.15, -0.1) is 0 Å². The van der Waals surface area contributed by atoms with Crippen molar-refractivity contribution in [1.82, 2.24) is 4.57 Å². The Morgan fingerprint density at radius 3 is 1.88 bits per heavy atom. The minimum Gasteiger partial charge on any atom is -0.309 e. The van der Waals surface area contributed by atoms with E-state index in [1.165, 1.54) is 83.1 Å². The Morgan fingerprint density at radius 1 is 0.442 bits per heavy atom. The number of fused-ring (bicyclic) bond motifs is 10. The zero-order valence-corrected chi connectivity index (χ0v) is 25.1. The Labute approximate surface area is 253 Å². The lowest BCUT2D eigenvalue weighted by molar-refractivity contribution is 0.660. The molecular weight excluding hydrogens is 518 g/mol. The van der Waals surface area contributed by atoms with Gasteiger partial charge in [0.2, 0.25) is 0 Å². The summed E-state index contributed by atoms with van der Waals surface area (Å²) in [6, 6.07) is 47.6. The lowest BCUT2D eigenvalue weighted by Gasteiger charge is -2.22. The van der Waals surface area contributed by atoms with Crippen LogP contribution < -0.4 is 0 Å². The van der Waals surface area contributed by atoms with E-state index in [4.69, 9.17) is 0 Å². The van der Waals surface area contributed by atoms with Gasteiger partial charge in [-0.25, -0.2) is 0 Å². The second-order valence-corrected chi connectivity index (χ2v) is 13.4. The van der Waals surface area contributed by atoms with Crippen molar-refractivity contribution in [2.45, 2.75) is 38.5 Å². The monoisotopic (exact) mass is 551 g/mol. The molecule has 0 bridgehead atoms. The van der Waals surface area contributed by atoms with Gasteiger partial charge in [0.25, 0.3) is 0 Å². The Kier molecular flexibility index (Phi) is 4.80. The van der Waals surface area contributed by atoms with E-state index in [1.807, 2.05) is 0 Å². The summed E-state index contributed by atoms with van der Waals surface area (Å²) < 4.78 is 2.47. The van der Waals surface area contributed by atoms with Crippen LogP contribution in [0.3, 0.4) is 0 Å². The van der Waals surface area contributed by atoms with E-state index in [2.05, 4.69) is 160 Å². The molecule has 0 amide bonds. The Bertz CT molecular complexity index is 2290. The van der Waals surface area contributed by atoms with Crippen molar-refractivity contribution in [3.63, 3.8) is 0 Å². The van der Waals surface area contributed by atoms with Crippen LogP contribution in [0.4, 0.5) is 0 Å². The molecule has 6 aromatic carbocycles. The molecule has 0 atom stereocenters. The molecule has 9 rings (SSSR count). The number of para-hydroxylation sites is 1. The van der Waals surface area contributed by atoms with Crippen LogP contribution in [0, 0.1) is 0 Å². The molecule has 0 radical (unpaired) electrons. The van der Waals surface area contributed by atoms with Crippen molar-refractivity contribution in [1.29, 1.82) is 0 Å². The highest BCUT2D eigenvalue weighted by Crippen LogP contribution is 2.53. The fourth-order valence-corrected chi connectivity index (χ4v) is 8.32. The molecule has 0 N–H and O–H groups in total. The van der Waals surface area contributed by atoms with Gasteiger partial charge in [-0.3, -0.25) is 0 Å². The second-order valence-electron chi connectivity index (χ2n) is 13.4. The third kappa shape index (κ3) is 3.17. The quantitative estimate of drug-likeness (QED) is 0.201. The predicted molar refractivity (Wildman–Crippen MR) is 181 cm³/mol. The van der Waals surface area contributed by atoms with Gasteiger partial charge >= 0.3 is 0 Å². The maximum Gasteiger partial charge on any atom is 0.0544 e. The molecule has 7 aromatic rings. The molecule has 0 unspecified atom stereocenters. The first-order valence-electron chi connectivity index (χ1n) is 15.4. The van der Waals surface area contributed by atoms with Crippen molar-refractivity contribution in [3.8, 4) is 39.1 Å². The van der Waals surface area contributed by atoms with Gasteiger partial charge in [0.1, 0.15) is 0 Å². The summed E-state index contributed by atoms with van der Waals surface area (Å²) in [7, 11) is 0. The van der Waals surface area contributed by atoms with E-state index in [1.54, 1.807) is 0 Å². The van der Waals surface area contributed by atoms with E-state index in [0.29, 0.717) is 0 Å². The van der Waals surface area contributed by atoms with Gasteiger partial charge in [0.15, 0.2) is 0 Å². The lowest BCUT2D eigenvalue weighted by Crippen LogP contribution is -2.15. The summed E-state index contributed by atoms with van der Waals surface area (Å²) in [6.45, 7) is 9.48. The van der Waals surface area contributed by atoms with Crippen molar-refractivity contribution >= 4 is 21.8 Å². The number of nitrogens with zero attached hydrogens (tertiary/aromatic N) is 1. The minimum atomic E-state index is -0.0724. The summed E-state index contributed by atoms with van der Waals surface area (Å²) >= 11 is 0. The summed E-state index contributed by atoms with van der Waals surface area (Å²) in [5.41, 5.74) is 17.3. The fourth-order valence-electron chi connectivity index (χ4n) is 8.32. The first-order chi connectivity index (χ1) is 20.9. The highest BCUT2D eigenvalue weighted by atomic mass is 15.0. The highest BCUT2D eigenvalue weighted by molar-refractivity contribution is 6.14. The molecular formula is C42H33N. The molecule has 43 heavy (non-hydrogen) atoms. The van der Waals surface area contributed by atoms with Crippen LogP contribution >= 0.6 is 0 Å². The average Bonchev–Trinajstić information content (AvgIpc) is 3.58. The predicted octanol–water partition coefficient (Wildman–Crippen LogP) is 11.1. The molecule has 1 heteroatoms. The van der Waals surface area contributed by atoms with Crippen LogP contribution in [-0.2, 0) is 10.8 Å². The standard InChI is InChI=1S/C42H33N/c1-41(2)34-17-8-5-14-29(34)31-21-20-27(25-36(31)41)26-12-11-13-28(24-26)43-37-19-10-7-16-33(37)39-38(43)23-22-32-30-15-6-9-18-35(30)42(3,4)40(32)39/h5-25H,1-4H3. The van der Waals surface area contributed by atoms with Gasteiger partial charge in [-0.1, -0.05) is 125 Å². The van der Waals surface area contributed by atoms with Gasteiger partial charge in [-0.05, 0) is 86.0 Å². The van der Waals surface area contributed by atoms with E-state index >= 15 is 0 Å². The number of hydrogen-bond acceptors (Lipinski definition) is 0. The van der Waals surface area contributed by atoms with Gasteiger partial charge < -0.3 is 4.57 Å². The Balaban J connectivity index is 1.25. The van der Waals surface area contributed by atoms with Crippen LogP contribution in [0.25, 0.3) is 60.9 Å². The molecule has 1 aromatic heterocycles. The highest BCUT2D eigenvalue weighted by Gasteiger charge is 2.38. The Morgan fingerprint density at radius 2 is 1.07 bits per heavy atom. The van der Waals surface area contributed by atoms with E-state index in [-0.39, 0.29) is 10.8 Å². The van der Waals surface area contributed by atoms with E-state index in [9.17, 15) is 0 Å². The molecule has 0 fully saturated rings. The molecule has 2 aliphatic rings. The number of aromatic nitrogens is 1. The summed E-state index contributed by atoms with van der Waals surface area (Å²) in [4.78, 5) is 0. The lowest BCUT2D eigenvalue weighted by atomic mass is 9.80. The van der Waals surface area contributed by atoms with E-state index < -0.39 is 0 Å². The summed E-state index contributed by atoms with van der Waals surface area (Å²) in [5, 5.41) is 2.69. The van der Waals surface area contributed by atoms with Gasteiger partial charge in [-0.2, -0.15) is 0 Å². The Hall–Kier alpha value is -4.88. The van der Waals surface area contributed by atoms with Crippen LogP contribution in [0.15, 0.2) is 127 Å².